The van der Waals surface area contributed by atoms with Crippen LogP contribution < -0.4 is 5.73 Å². The van der Waals surface area contributed by atoms with Crippen molar-refractivity contribution in [3.63, 3.8) is 0 Å². The van der Waals surface area contributed by atoms with Gasteiger partial charge in [-0.2, -0.15) is 0 Å². The lowest BCUT2D eigenvalue weighted by Gasteiger charge is -2.25. The molecule has 0 aromatic carbocycles. The molecule has 0 saturated heterocycles. The van der Waals surface area contributed by atoms with E-state index in [2.05, 4.69) is 13.8 Å². The highest BCUT2D eigenvalue weighted by Crippen LogP contribution is 2.18. The molecule has 0 fully saturated rings. The van der Waals surface area contributed by atoms with Gasteiger partial charge < -0.3 is 10.5 Å². The number of hydrogen-bond acceptors (Lipinski definition) is 3. The quantitative estimate of drug-likeness (QED) is 0.646. The van der Waals surface area contributed by atoms with Gasteiger partial charge in [0.25, 0.3) is 0 Å². The Hall–Kier alpha value is -0.570. The second kappa shape index (κ2) is 5.97. The van der Waals surface area contributed by atoms with Gasteiger partial charge in [0, 0.05) is 12.0 Å². The molecule has 0 unspecified atom stereocenters. The normalized spacial score (nSPS) is 11.4. The first-order chi connectivity index (χ1) is 6.08. The number of hydrogen-bond donors (Lipinski definition) is 1. The van der Waals surface area contributed by atoms with Crippen molar-refractivity contribution in [3.8, 4) is 0 Å². The highest BCUT2D eigenvalue weighted by molar-refractivity contribution is 5.69. The molecule has 13 heavy (non-hydrogen) atoms. The van der Waals surface area contributed by atoms with Gasteiger partial charge >= 0.3 is 5.97 Å². The molecule has 0 radical (unpaired) electrons. The number of rotatable bonds is 6. The molecule has 0 aliphatic carbocycles. The second-order valence-electron chi connectivity index (χ2n) is 3.37. The number of carbonyl (C=O) groups excluding carboxylic acids is 1. The number of esters is 1. The maximum Gasteiger partial charge on any atom is 0.305 e. The van der Waals surface area contributed by atoms with Gasteiger partial charge in [0.05, 0.1) is 6.61 Å². The van der Waals surface area contributed by atoms with Gasteiger partial charge in [-0.25, -0.2) is 0 Å². The van der Waals surface area contributed by atoms with E-state index in [9.17, 15) is 4.79 Å². The fourth-order valence-corrected chi connectivity index (χ4v) is 1.19. The minimum absolute atomic E-state index is 0.140. The van der Waals surface area contributed by atoms with Crippen molar-refractivity contribution in [2.24, 2.45) is 5.73 Å². The van der Waals surface area contributed by atoms with Gasteiger partial charge in [-0.3, -0.25) is 4.79 Å². The molecular formula is C10H21NO2. The number of carbonyl (C=O) groups is 1. The van der Waals surface area contributed by atoms with Crippen LogP contribution in [0.5, 0.6) is 0 Å². The van der Waals surface area contributed by atoms with Crippen LogP contribution in [0.3, 0.4) is 0 Å². The predicted molar refractivity (Wildman–Crippen MR) is 53.4 cm³/mol. The van der Waals surface area contributed by atoms with Crippen molar-refractivity contribution in [2.45, 2.75) is 52.0 Å². The second-order valence-corrected chi connectivity index (χ2v) is 3.37. The van der Waals surface area contributed by atoms with Crippen LogP contribution in [-0.2, 0) is 9.53 Å². The van der Waals surface area contributed by atoms with Crippen molar-refractivity contribution < 1.29 is 9.53 Å². The molecule has 0 amide bonds. The molecule has 3 nitrogen and oxygen atoms in total. The summed E-state index contributed by atoms with van der Waals surface area (Å²) < 4.78 is 4.83. The Bertz CT molecular complexity index is 153. The summed E-state index contributed by atoms with van der Waals surface area (Å²) in [6.45, 7) is 6.37. The first-order valence-electron chi connectivity index (χ1n) is 5.02. The molecule has 3 heteroatoms. The zero-order valence-corrected chi connectivity index (χ0v) is 8.93. The monoisotopic (exact) mass is 187 g/mol. The SMILES string of the molecule is CCOC(=O)CCC(N)(CC)CC. The maximum atomic E-state index is 11.0. The summed E-state index contributed by atoms with van der Waals surface area (Å²) in [5, 5.41) is 0. The lowest BCUT2D eigenvalue weighted by atomic mass is 9.89. The van der Waals surface area contributed by atoms with Crippen molar-refractivity contribution in [3.05, 3.63) is 0 Å². The lowest BCUT2D eigenvalue weighted by Crippen LogP contribution is -2.38. The Morgan fingerprint density at radius 2 is 1.85 bits per heavy atom. The minimum atomic E-state index is -0.188. The van der Waals surface area contributed by atoms with Gasteiger partial charge in [-0.1, -0.05) is 13.8 Å². The Kier molecular flexibility index (Phi) is 5.71. The van der Waals surface area contributed by atoms with E-state index >= 15 is 0 Å². The van der Waals surface area contributed by atoms with Gasteiger partial charge in [-0.05, 0) is 26.2 Å². The van der Waals surface area contributed by atoms with Crippen molar-refractivity contribution >= 4 is 5.97 Å². The summed E-state index contributed by atoms with van der Waals surface area (Å²) in [6.07, 6.45) is 2.97. The third-order valence-electron chi connectivity index (χ3n) is 2.54. The molecule has 0 aliphatic heterocycles. The zero-order valence-electron chi connectivity index (χ0n) is 8.93. The lowest BCUT2D eigenvalue weighted by molar-refractivity contribution is -0.143. The highest BCUT2D eigenvalue weighted by atomic mass is 16.5. The van der Waals surface area contributed by atoms with Crippen LogP contribution in [0.15, 0.2) is 0 Å². The summed E-state index contributed by atoms with van der Waals surface area (Å²) in [7, 11) is 0. The average molecular weight is 187 g/mol. The van der Waals surface area contributed by atoms with E-state index in [0.717, 1.165) is 19.3 Å². The molecule has 0 saturated carbocycles. The van der Waals surface area contributed by atoms with Crippen LogP contribution in [0.1, 0.15) is 46.5 Å². The molecule has 0 spiro atoms. The molecule has 2 N–H and O–H groups in total. The minimum Gasteiger partial charge on any atom is -0.466 e. The van der Waals surface area contributed by atoms with Gasteiger partial charge in [-0.15, -0.1) is 0 Å². The van der Waals surface area contributed by atoms with E-state index in [4.69, 9.17) is 10.5 Å². The van der Waals surface area contributed by atoms with E-state index in [-0.39, 0.29) is 11.5 Å². The van der Waals surface area contributed by atoms with Gasteiger partial charge in [0.1, 0.15) is 0 Å². The summed E-state index contributed by atoms with van der Waals surface area (Å²) in [6, 6.07) is 0. The topological polar surface area (TPSA) is 52.3 Å². The van der Waals surface area contributed by atoms with Crippen LogP contribution in [0, 0.1) is 0 Å². The van der Waals surface area contributed by atoms with E-state index in [1.165, 1.54) is 0 Å². The summed E-state index contributed by atoms with van der Waals surface area (Å²) in [5.41, 5.74) is 5.85. The van der Waals surface area contributed by atoms with E-state index in [1.54, 1.807) is 0 Å². The van der Waals surface area contributed by atoms with Crippen molar-refractivity contribution in [2.75, 3.05) is 6.61 Å². The van der Waals surface area contributed by atoms with Crippen LogP contribution in [0.4, 0.5) is 0 Å². The van der Waals surface area contributed by atoms with Crippen LogP contribution >= 0.6 is 0 Å². The average Bonchev–Trinajstić information content (AvgIpc) is 2.15. The molecule has 0 aromatic rings. The molecule has 0 bridgehead atoms. The molecule has 78 valence electrons. The largest absolute Gasteiger partial charge is 0.466 e. The van der Waals surface area contributed by atoms with Gasteiger partial charge in [0.2, 0.25) is 0 Å². The third kappa shape index (κ3) is 4.88. The molecule has 0 aliphatic rings. The summed E-state index contributed by atoms with van der Waals surface area (Å²) in [4.78, 5) is 11.0. The predicted octanol–water partition coefficient (Wildman–Crippen LogP) is 1.85. The van der Waals surface area contributed by atoms with E-state index < -0.39 is 0 Å². The Balaban J connectivity index is 3.78. The molecule has 0 rings (SSSR count). The maximum absolute atomic E-state index is 11.0. The Morgan fingerprint density at radius 1 is 1.31 bits per heavy atom. The number of ether oxygens (including phenoxy) is 1. The third-order valence-corrected chi connectivity index (χ3v) is 2.54. The molecule has 0 atom stereocenters. The first-order valence-corrected chi connectivity index (χ1v) is 5.02. The fraction of sp³-hybridized carbons (Fsp3) is 0.900. The molecule has 0 aromatic heterocycles. The number of nitrogens with two attached hydrogens (primary N) is 1. The highest BCUT2D eigenvalue weighted by Gasteiger charge is 2.21. The fourth-order valence-electron chi connectivity index (χ4n) is 1.19. The molecular weight excluding hydrogens is 166 g/mol. The Labute approximate surface area is 80.6 Å². The standard InChI is InChI=1S/C10H21NO2/c1-4-10(11,5-2)8-7-9(12)13-6-3/h4-8,11H2,1-3H3. The van der Waals surface area contributed by atoms with Crippen molar-refractivity contribution in [1.29, 1.82) is 0 Å². The molecule has 0 heterocycles. The van der Waals surface area contributed by atoms with Crippen LogP contribution in [-0.4, -0.2) is 18.1 Å². The van der Waals surface area contributed by atoms with E-state index in [1.807, 2.05) is 6.92 Å². The van der Waals surface area contributed by atoms with E-state index in [0.29, 0.717) is 13.0 Å². The van der Waals surface area contributed by atoms with Gasteiger partial charge in [0.15, 0.2) is 0 Å². The smallest absolute Gasteiger partial charge is 0.305 e. The van der Waals surface area contributed by atoms with Crippen LogP contribution in [0.2, 0.25) is 0 Å². The van der Waals surface area contributed by atoms with Crippen molar-refractivity contribution in [1.82, 2.24) is 0 Å². The first kappa shape index (κ1) is 12.4. The van der Waals surface area contributed by atoms with Crippen LogP contribution in [0.25, 0.3) is 0 Å². The Morgan fingerprint density at radius 3 is 2.23 bits per heavy atom. The summed E-state index contributed by atoms with van der Waals surface area (Å²) in [5.74, 6) is -0.140. The zero-order chi connectivity index (χ0) is 10.3. The summed E-state index contributed by atoms with van der Waals surface area (Å²) >= 11 is 0.